The van der Waals surface area contributed by atoms with E-state index < -0.39 is 0 Å². The van der Waals surface area contributed by atoms with Gasteiger partial charge in [-0.15, -0.1) is 0 Å². The summed E-state index contributed by atoms with van der Waals surface area (Å²) in [6.07, 6.45) is 0. The molecule has 234 valence electrons. The molecule has 1 aromatic heterocycles. The number of aromatic nitrogens is 3. The predicted molar refractivity (Wildman–Crippen MR) is 207 cm³/mol. The molecule has 0 fully saturated rings. The van der Waals surface area contributed by atoms with E-state index in [4.69, 9.17) is 15.0 Å². The second-order valence-electron chi connectivity index (χ2n) is 12.5. The number of hydrogen-bond acceptors (Lipinski definition) is 3. The van der Waals surface area contributed by atoms with Crippen LogP contribution >= 0.6 is 0 Å². The first kappa shape index (κ1) is 29.4. The van der Waals surface area contributed by atoms with Crippen molar-refractivity contribution in [2.24, 2.45) is 0 Å². The summed E-state index contributed by atoms with van der Waals surface area (Å²) >= 11 is 0. The summed E-state index contributed by atoms with van der Waals surface area (Å²) in [6, 6.07) is 65.8. The molecule has 8 aromatic carbocycles. The van der Waals surface area contributed by atoms with Gasteiger partial charge in [0.05, 0.1) is 0 Å². The SMILES string of the molecule is c1ccc(-c2ccc(-c3nc(-c4cccc(-c5ccccc5)c4)nc(-c4cccc(-c5cccc6ccc7ccccc7c56)c4)n3)cc2)cc1. The summed E-state index contributed by atoms with van der Waals surface area (Å²) in [5.41, 5.74) is 9.69. The molecule has 0 spiro atoms. The van der Waals surface area contributed by atoms with E-state index in [0.29, 0.717) is 17.5 Å². The van der Waals surface area contributed by atoms with E-state index >= 15 is 0 Å². The highest BCUT2D eigenvalue weighted by atomic mass is 15.0. The van der Waals surface area contributed by atoms with E-state index in [2.05, 4.69) is 176 Å². The topological polar surface area (TPSA) is 38.7 Å². The Balaban J connectivity index is 1.19. The fourth-order valence-corrected chi connectivity index (χ4v) is 6.80. The van der Waals surface area contributed by atoms with E-state index in [1.165, 1.54) is 32.7 Å². The molecule has 9 rings (SSSR count). The van der Waals surface area contributed by atoms with E-state index in [0.717, 1.165) is 38.9 Å². The third-order valence-electron chi connectivity index (χ3n) is 9.31. The van der Waals surface area contributed by atoms with Crippen LogP contribution in [-0.2, 0) is 0 Å². The van der Waals surface area contributed by atoms with Crippen molar-refractivity contribution in [3.8, 4) is 67.5 Å². The van der Waals surface area contributed by atoms with Gasteiger partial charge in [0.25, 0.3) is 0 Å². The number of nitrogens with zero attached hydrogens (tertiary/aromatic N) is 3. The van der Waals surface area contributed by atoms with Crippen molar-refractivity contribution in [1.29, 1.82) is 0 Å². The Morgan fingerprint density at radius 1 is 0.260 bits per heavy atom. The van der Waals surface area contributed by atoms with Crippen LogP contribution < -0.4 is 0 Å². The molecular weight excluding hydrogens is 607 g/mol. The second-order valence-corrected chi connectivity index (χ2v) is 12.5. The monoisotopic (exact) mass is 637 g/mol. The Bertz CT molecular complexity index is 2630. The van der Waals surface area contributed by atoms with Gasteiger partial charge in [-0.3, -0.25) is 0 Å². The lowest BCUT2D eigenvalue weighted by atomic mass is 9.93. The Hall–Kier alpha value is -6.71. The van der Waals surface area contributed by atoms with E-state index in [1.807, 2.05) is 12.1 Å². The van der Waals surface area contributed by atoms with Crippen LogP contribution in [0.3, 0.4) is 0 Å². The fourth-order valence-electron chi connectivity index (χ4n) is 6.80. The van der Waals surface area contributed by atoms with Gasteiger partial charge >= 0.3 is 0 Å². The standard InChI is InChI=1S/C47H31N3/c1-3-12-32(13-4-1)34-24-28-37(29-25-34)45-48-46(40-20-9-18-38(30-40)33-14-5-2-6-15-33)50-47(49-45)41-21-10-19-39(31-41)43-23-11-17-36-27-26-35-16-7-8-22-42(35)44(36)43/h1-31H. The van der Waals surface area contributed by atoms with Crippen molar-refractivity contribution in [2.75, 3.05) is 0 Å². The highest BCUT2D eigenvalue weighted by Crippen LogP contribution is 2.36. The third-order valence-corrected chi connectivity index (χ3v) is 9.31. The summed E-state index contributed by atoms with van der Waals surface area (Å²) < 4.78 is 0. The van der Waals surface area contributed by atoms with Gasteiger partial charge in [0.2, 0.25) is 0 Å². The first-order valence-corrected chi connectivity index (χ1v) is 16.9. The Kier molecular flexibility index (Phi) is 7.49. The van der Waals surface area contributed by atoms with Crippen molar-refractivity contribution in [1.82, 2.24) is 15.0 Å². The van der Waals surface area contributed by atoms with E-state index in [1.54, 1.807) is 0 Å². The van der Waals surface area contributed by atoms with Gasteiger partial charge in [0.15, 0.2) is 17.5 Å². The normalized spacial score (nSPS) is 11.2. The molecule has 0 bridgehead atoms. The van der Waals surface area contributed by atoms with Gasteiger partial charge in [0, 0.05) is 16.7 Å². The Morgan fingerprint density at radius 2 is 0.700 bits per heavy atom. The quantitative estimate of drug-likeness (QED) is 0.170. The summed E-state index contributed by atoms with van der Waals surface area (Å²) in [7, 11) is 0. The zero-order chi connectivity index (χ0) is 33.3. The van der Waals surface area contributed by atoms with Gasteiger partial charge in [-0.2, -0.15) is 0 Å². The number of rotatable bonds is 6. The number of benzene rings is 8. The van der Waals surface area contributed by atoms with Crippen molar-refractivity contribution in [3.05, 3.63) is 188 Å². The lowest BCUT2D eigenvalue weighted by Crippen LogP contribution is -2.00. The number of fused-ring (bicyclic) bond motifs is 3. The van der Waals surface area contributed by atoms with Gasteiger partial charge in [0.1, 0.15) is 0 Å². The summed E-state index contributed by atoms with van der Waals surface area (Å²) in [5.74, 6) is 1.90. The molecule has 0 radical (unpaired) electrons. The smallest absolute Gasteiger partial charge is 0.164 e. The minimum atomic E-state index is 0.634. The van der Waals surface area contributed by atoms with Crippen molar-refractivity contribution < 1.29 is 0 Å². The molecule has 3 nitrogen and oxygen atoms in total. The third kappa shape index (κ3) is 5.61. The highest BCUT2D eigenvalue weighted by Gasteiger charge is 2.15. The first-order valence-electron chi connectivity index (χ1n) is 16.9. The molecule has 9 aromatic rings. The van der Waals surface area contributed by atoms with Crippen LogP contribution in [0.1, 0.15) is 0 Å². The molecule has 0 aliphatic carbocycles. The average Bonchev–Trinajstić information content (AvgIpc) is 3.21. The predicted octanol–water partition coefficient (Wildman–Crippen LogP) is 12.2. The second kappa shape index (κ2) is 12.7. The van der Waals surface area contributed by atoms with Gasteiger partial charge in [-0.25, -0.2) is 15.0 Å². The molecule has 1 heterocycles. The molecule has 3 heteroatoms. The molecule has 0 atom stereocenters. The van der Waals surface area contributed by atoms with E-state index in [-0.39, 0.29) is 0 Å². The molecule has 0 aliphatic rings. The van der Waals surface area contributed by atoms with Crippen LogP contribution in [0.2, 0.25) is 0 Å². The Morgan fingerprint density at radius 3 is 1.40 bits per heavy atom. The summed E-state index contributed by atoms with van der Waals surface area (Å²) in [6.45, 7) is 0. The minimum Gasteiger partial charge on any atom is -0.208 e. The van der Waals surface area contributed by atoms with Crippen LogP contribution in [0.4, 0.5) is 0 Å². The van der Waals surface area contributed by atoms with Crippen LogP contribution in [0, 0.1) is 0 Å². The maximum absolute atomic E-state index is 5.12. The number of hydrogen-bond donors (Lipinski definition) is 0. The van der Waals surface area contributed by atoms with E-state index in [9.17, 15) is 0 Å². The zero-order valence-corrected chi connectivity index (χ0v) is 27.2. The molecule has 0 unspecified atom stereocenters. The molecule has 0 amide bonds. The molecule has 0 saturated heterocycles. The zero-order valence-electron chi connectivity index (χ0n) is 27.2. The van der Waals surface area contributed by atoms with Crippen LogP contribution in [0.25, 0.3) is 89.1 Å². The van der Waals surface area contributed by atoms with Crippen LogP contribution in [0.15, 0.2) is 188 Å². The molecule has 0 aliphatic heterocycles. The van der Waals surface area contributed by atoms with Crippen molar-refractivity contribution in [2.45, 2.75) is 0 Å². The summed E-state index contributed by atoms with van der Waals surface area (Å²) in [5, 5.41) is 4.93. The van der Waals surface area contributed by atoms with Crippen molar-refractivity contribution in [3.63, 3.8) is 0 Å². The lowest BCUT2D eigenvalue weighted by molar-refractivity contribution is 1.07. The maximum Gasteiger partial charge on any atom is 0.164 e. The van der Waals surface area contributed by atoms with Gasteiger partial charge in [-0.1, -0.05) is 176 Å². The summed E-state index contributed by atoms with van der Waals surface area (Å²) in [4.78, 5) is 15.3. The van der Waals surface area contributed by atoms with Gasteiger partial charge in [-0.05, 0) is 67.1 Å². The van der Waals surface area contributed by atoms with Crippen LogP contribution in [-0.4, -0.2) is 15.0 Å². The molecular formula is C47H31N3. The average molecular weight is 638 g/mol. The highest BCUT2D eigenvalue weighted by molar-refractivity contribution is 6.14. The van der Waals surface area contributed by atoms with Gasteiger partial charge < -0.3 is 0 Å². The van der Waals surface area contributed by atoms with Crippen LogP contribution in [0.5, 0.6) is 0 Å². The van der Waals surface area contributed by atoms with Crippen molar-refractivity contribution >= 4 is 21.5 Å². The molecule has 50 heavy (non-hydrogen) atoms. The minimum absolute atomic E-state index is 0.634. The fraction of sp³-hybridized carbons (Fsp3) is 0. The Labute approximate surface area is 291 Å². The largest absolute Gasteiger partial charge is 0.208 e. The lowest BCUT2D eigenvalue weighted by Gasteiger charge is -2.13. The molecule has 0 saturated carbocycles. The maximum atomic E-state index is 5.12. The first-order chi connectivity index (χ1) is 24.8. The molecule has 0 N–H and O–H groups in total.